The van der Waals surface area contributed by atoms with Crippen LogP contribution in [0.1, 0.15) is 15.9 Å². The zero-order chi connectivity index (χ0) is 17.3. The topological polar surface area (TPSA) is 111 Å². The van der Waals surface area contributed by atoms with Gasteiger partial charge in [0.1, 0.15) is 5.75 Å². The van der Waals surface area contributed by atoms with E-state index in [9.17, 15) is 20.0 Å². The maximum Gasteiger partial charge on any atom is 0.270 e. The van der Waals surface area contributed by atoms with E-state index < -0.39 is 10.8 Å². The Morgan fingerprint density at radius 2 is 2.12 bits per heavy atom. The number of phenolic OH excluding ortho intramolecular Hbond substituents is 1. The summed E-state index contributed by atoms with van der Waals surface area (Å²) < 4.78 is 10.4. The number of benzene rings is 2. The van der Waals surface area contributed by atoms with Crippen LogP contribution in [0.2, 0.25) is 5.02 Å². The van der Waals surface area contributed by atoms with Crippen molar-refractivity contribution in [2.45, 2.75) is 6.54 Å². The van der Waals surface area contributed by atoms with Crippen LogP contribution in [0.4, 0.5) is 5.69 Å². The molecule has 0 spiro atoms. The number of ether oxygens (including phenoxy) is 2. The summed E-state index contributed by atoms with van der Waals surface area (Å²) in [7, 11) is 0. The van der Waals surface area contributed by atoms with Gasteiger partial charge in [0.15, 0.2) is 11.5 Å². The molecule has 1 aliphatic heterocycles. The summed E-state index contributed by atoms with van der Waals surface area (Å²) in [6, 6.07) is 6.49. The van der Waals surface area contributed by atoms with Gasteiger partial charge in [-0.3, -0.25) is 14.9 Å². The van der Waals surface area contributed by atoms with Gasteiger partial charge in [-0.05, 0) is 18.2 Å². The second-order valence-electron chi connectivity index (χ2n) is 4.94. The number of phenols is 1. The molecule has 0 aromatic heterocycles. The molecular formula is C15H11ClN2O6. The van der Waals surface area contributed by atoms with Gasteiger partial charge in [-0.1, -0.05) is 11.6 Å². The second-order valence-corrected chi connectivity index (χ2v) is 5.35. The molecule has 2 N–H and O–H groups in total. The van der Waals surface area contributed by atoms with E-state index in [-0.39, 0.29) is 40.9 Å². The summed E-state index contributed by atoms with van der Waals surface area (Å²) in [5.74, 6) is 0.126. The molecule has 0 radical (unpaired) electrons. The van der Waals surface area contributed by atoms with Crippen molar-refractivity contribution < 1.29 is 24.3 Å². The number of amides is 1. The van der Waals surface area contributed by atoms with E-state index in [1.165, 1.54) is 30.3 Å². The molecule has 0 fully saturated rings. The van der Waals surface area contributed by atoms with E-state index >= 15 is 0 Å². The fourth-order valence-corrected chi connectivity index (χ4v) is 2.47. The minimum atomic E-state index is -0.581. The molecular weight excluding hydrogens is 340 g/mol. The first kappa shape index (κ1) is 15.9. The molecule has 1 heterocycles. The van der Waals surface area contributed by atoms with Crippen LogP contribution in [0, 0.1) is 10.1 Å². The van der Waals surface area contributed by atoms with Gasteiger partial charge in [-0.2, -0.15) is 0 Å². The lowest BCUT2D eigenvalue weighted by Gasteiger charge is -2.08. The third kappa shape index (κ3) is 3.04. The molecule has 0 bridgehead atoms. The standard InChI is InChI=1S/C15H11ClN2O6/c16-11-4-8(5-13-14(11)24-7-23-13)15(20)17-6-9-3-10(18(21)22)1-2-12(9)19/h1-5,19H,6-7H2,(H,17,20). The maximum atomic E-state index is 12.2. The highest BCUT2D eigenvalue weighted by Crippen LogP contribution is 2.39. The van der Waals surface area contributed by atoms with Crippen LogP contribution in [-0.4, -0.2) is 22.7 Å². The first-order valence-corrected chi connectivity index (χ1v) is 7.17. The molecule has 8 nitrogen and oxygen atoms in total. The zero-order valence-electron chi connectivity index (χ0n) is 12.1. The van der Waals surface area contributed by atoms with Crippen molar-refractivity contribution in [3.8, 4) is 17.2 Å². The molecule has 1 amide bonds. The molecule has 124 valence electrons. The average molecular weight is 351 g/mol. The van der Waals surface area contributed by atoms with Crippen LogP contribution in [0.25, 0.3) is 0 Å². The Morgan fingerprint density at radius 3 is 2.88 bits per heavy atom. The minimum absolute atomic E-state index is 0.0294. The molecule has 24 heavy (non-hydrogen) atoms. The highest BCUT2D eigenvalue weighted by Gasteiger charge is 2.21. The Hall–Kier alpha value is -3.00. The van der Waals surface area contributed by atoms with Gasteiger partial charge in [-0.25, -0.2) is 0 Å². The van der Waals surface area contributed by atoms with E-state index in [1.54, 1.807) is 0 Å². The third-order valence-electron chi connectivity index (χ3n) is 3.40. The summed E-state index contributed by atoms with van der Waals surface area (Å²) in [6.45, 7) is -0.0555. The van der Waals surface area contributed by atoms with Crippen molar-refractivity contribution in [3.05, 3.63) is 56.6 Å². The van der Waals surface area contributed by atoms with E-state index in [2.05, 4.69) is 5.32 Å². The molecule has 1 aliphatic rings. The van der Waals surface area contributed by atoms with E-state index in [0.29, 0.717) is 11.5 Å². The Balaban J connectivity index is 1.76. The summed E-state index contributed by atoms with van der Waals surface area (Å²) in [6.07, 6.45) is 0. The van der Waals surface area contributed by atoms with Gasteiger partial charge in [0.2, 0.25) is 6.79 Å². The maximum absolute atomic E-state index is 12.2. The molecule has 0 aliphatic carbocycles. The first-order chi connectivity index (χ1) is 11.5. The average Bonchev–Trinajstić information content (AvgIpc) is 3.02. The number of carbonyl (C=O) groups is 1. The Labute approximate surface area is 140 Å². The van der Waals surface area contributed by atoms with Gasteiger partial charge in [0, 0.05) is 29.8 Å². The van der Waals surface area contributed by atoms with Gasteiger partial charge in [0.25, 0.3) is 11.6 Å². The van der Waals surface area contributed by atoms with E-state index in [1.807, 2.05) is 0 Å². The Bertz CT molecular complexity index is 839. The molecule has 0 saturated heterocycles. The fourth-order valence-electron chi connectivity index (χ4n) is 2.20. The van der Waals surface area contributed by atoms with Gasteiger partial charge in [0.05, 0.1) is 9.95 Å². The van der Waals surface area contributed by atoms with Crippen molar-refractivity contribution in [1.29, 1.82) is 0 Å². The lowest BCUT2D eigenvalue weighted by Crippen LogP contribution is -2.22. The van der Waals surface area contributed by atoms with Crippen LogP contribution in [0.15, 0.2) is 30.3 Å². The number of non-ortho nitro benzene ring substituents is 1. The van der Waals surface area contributed by atoms with Crippen molar-refractivity contribution >= 4 is 23.2 Å². The van der Waals surface area contributed by atoms with Crippen molar-refractivity contribution in [3.63, 3.8) is 0 Å². The van der Waals surface area contributed by atoms with Gasteiger partial charge >= 0.3 is 0 Å². The predicted molar refractivity (Wildman–Crippen MR) is 83.5 cm³/mol. The van der Waals surface area contributed by atoms with Crippen LogP contribution < -0.4 is 14.8 Å². The van der Waals surface area contributed by atoms with Crippen LogP contribution in [0.5, 0.6) is 17.2 Å². The van der Waals surface area contributed by atoms with E-state index in [4.69, 9.17) is 21.1 Å². The molecule has 3 rings (SSSR count). The van der Waals surface area contributed by atoms with Crippen LogP contribution in [-0.2, 0) is 6.54 Å². The molecule has 0 saturated carbocycles. The van der Waals surface area contributed by atoms with Crippen LogP contribution >= 0.6 is 11.6 Å². The van der Waals surface area contributed by atoms with Crippen molar-refractivity contribution in [2.75, 3.05) is 6.79 Å². The minimum Gasteiger partial charge on any atom is -0.508 e. The van der Waals surface area contributed by atoms with Gasteiger partial charge < -0.3 is 19.9 Å². The normalized spacial score (nSPS) is 12.0. The van der Waals surface area contributed by atoms with Crippen LogP contribution in [0.3, 0.4) is 0 Å². The number of fused-ring (bicyclic) bond motifs is 1. The highest BCUT2D eigenvalue weighted by atomic mass is 35.5. The molecule has 2 aromatic rings. The molecule has 2 aromatic carbocycles. The summed E-state index contributed by atoms with van der Waals surface area (Å²) >= 11 is 6.02. The molecule has 0 atom stereocenters. The monoisotopic (exact) mass is 350 g/mol. The van der Waals surface area contributed by atoms with Crippen molar-refractivity contribution in [2.24, 2.45) is 0 Å². The lowest BCUT2D eigenvalue weighted by molar-refractivity contribution is -0.384. The summed E-state index contributed by atoms with van der Waals surface area (Å²) in [5.41, 5.74) is 0.293. The predicted octanol–water partition coefficient (Wildman–Crippen LogP) is 2.61. The number of hydrogen-bond donors (Lipinski definition) is 2. The number of nitrogens with one attached hydrogen (secondary N) is 1. The molecule has 9 heteroatoms. The third-order valence-corrected chi connectivity index (χ3v) is 3.68. The number of nitro groups is 1. The smallest absolute Gasteiger partial charge is 0.270 e. The number of rotatable bonds is 4. The van der Waals surface area contributed by atoms with Gasteiger partial charge in [-0.15, -0.1) is 0 Å². The zero-order valence-corrected chi connectivity index (χ0v) is 12.9. The highest BCUT2D eigenvalue weighted by molar-refractivity contribution is 6.32. The summed E-state index contributed by atoms with van der Waals surface area (Å²) in [5, 5.41) is 23.3. The van der Waals surface area contributed by atoms with E-state index in [0.717, 1.165) is 0 Å². The number of aromatic hydroxyl groups is 1. The quantitative estimate of drug-likeness (QED) is 0.647. The lowest BCUT2D eigenvalue weighted by atomic mass is 10.1. The SMILES string of the molecule is O=C(NCc1cc([N+](=O)[O-])ccc1O)c1cc(Cl)c2c(c1)OCO2. The van der Waals surface area contributed by atoms with Crippen molar-refractivity contribution in [1.82, 2.24) is 5.32 Å². The second kappa shape index (κ2) is 6.25. The Kier molecular flexibility index (Phi) is 4.13. The number of hydrogen-bond acceptors (Lipinski definition) is 6. The summed E-state index contributed by atoms with van der Waals surface area (Å²) in [4.78, 5) is 22.4. The number of carbonyl (C=O) groups excluding carboxylic acids is 1. The molecule has 0 unspecified atom stereocenters. The fraction of sp³-hybridized carbons (Fsp3) is 0.133. The number of nitro benzene ring substituents is 1. The Morgan fingerprint density at radius 1 is 1.33 bits per heavy atom. The number of halogens is 1. The largest absolute Gasteiger partial charge is 0.508 e. The number of nitrogens with zero attached hydrogens (tertiary/aromatic N) is 1. The first-order valence-electron chi connectivity index (χ1n) is 6.79.